The van der Waals surface area contributed by atoms with Gasteiger partial charge in [0.1, 0.15) is 5.82 Å². The molecule has 214 valence electrons. The lowest BCUT2D eigenvalue weighted by Crippen LogP contribution is -1.97. The van der Waals surface area contributed by atoms with Crippen LogP contribution in [0.2, 0.25) is 0 Å². The first-order valence-electron chi connectivity index (χ1n) is 15.5. The van der Waals surface area contributed by atoms with Crippen molar-refractivity contribution < 1.29 is 0 Å². The first-order chi connectivity index (χ1) is 22.2. The molecule has 0 atom stereocenters. The van der Waals surface area contributed by atoms with E-state index in [0.29, 0.717) is 0 Å². The molecule has 0 saturated carbocycles. The maximum atomic E-state index is 5.09. The zero-order valence-electron chi connectivity index (χ0n) is 25.4. The summed E-state index contributed by atoms with van der Waals surface area (Å²) in [6.07, 6.45) is 2.14. The minimum atomic E-state index is 0.955. The van der Waals surface area contributed by atoms with Gasteiger partial charge in [0.25, 0.3) is 0 Å². The number of nitrogens with zero attached hydrogens (tertiary/aromatic N) is 2. The van der Waals surface area contributed by atoms with Crippen LogP contribution in [0.25, 0.3) is 83.0 Å². The molecule has 0 fully saturated rings. The Labute approximate surface area is 263 Å². The van der Waals surface area contributed by atoms with Gasteiger partial charge in [-0.2, -0.15) is 0 Å². The molecular weight excluding hydrogens is 544 g/mol. The van der Waals surface area contributed by atoms with Crippen molar-refractivity contribution in [2.24, 2.45) is 0 Å². The Morgan fingerprint density at radius 1 is 0.489 bits per heavy atom. The van der Waals surface area contributed by atoms with E-state index in [9.17, 15) is 0 Å². The number of para-hydroxylation sites is 2. The number of rotatable bonds is 5. The normalized spacial score (nSPS) is 11.9. The van der Waals surface area contributed by atoms with Gasteiger partial charge >= 0.3 is 0 Å². The molecule has 7 aromatic carbocycles. The van der Waals surface area contributed by atoms with Gasteiger partial charge in [-0.15, -0.1) is 0 Å². The van der Waals surface area contributed by atoms with Crippen molar-refractivity contribution in [3.8, 4) is 44.8 Å². The third-order valence-electron chi connectivity index (χ3n) is 8.93. The molecule has 0 bridgehead atoms. The Morgan fingerprint density at radius 2 is 1.02 bits per heavy atom. The van der Waals surface area contributed by atoms with E-state index in [4.69, 9.17) is 4.98 Å². The maximum Gasteiger partial charge on any atom is 0.145 e. The third kappa shape index (κ3) is 4.54. The van der Waals surface area contributed by atoms with Gasteiger partial charge in [-0.3, -0.25) is 4.57 Å². The lowest BCUT2D eigenvalue weighted by atomic mass is 9.85. The van der Waals surface area contributed by atoms with Crippen LogP contribution in [0.3, 0.4) is 0 Å². The number of benzene rings is 7. The van der Waals surface area contributed by atoms with Crippen LogP contribution >= 0.6 is 0 Å². The molecule has 0 saturated heterocycles. The number of hydrogen-bond acceptors (Lipinski definition) is 1. The van der Waals surface area contributed by atoms with Crippen LogP contribution < -0.4 is 0 Å². The standard InChI is InChI=1S/C43H32N2/c1-3-29(2)45-40-24-13-12-23-39(40)44-43(45)34-20-14-19-32(27-34)33-25-26-37-38(28-33)42(31-17-8-5-9-18-31)36-22-11-10-21-35(36)41(37)30-15-6-4-7-16-30/h3-28H,1-2H3/b29-3+. The van der Waals surface area contributed by atoms with E-state index in [2.05, 4.69) is 176 Å². The summed E-state index contributed by atoms with van der Waals surface area (Å²) in [5, 5.41) is 5.03. The monoisotopic (exact) mass is 576 g/mol. The molecule has 0 amide bonds. The van der Waals surface area contributed by atoms with E-state index in [1.165, 1.54) is 54.9 Å². The molecule has 0 aliphatic rings. The average molecular weight is 577 g/mol. The summed E-state index contributed by atoms with van der Waals surface area (Å²) in [5.41, 5.74) is 11.7. The molecule has 0 radical (unpaired) electrons. The van der Waals surface area contributed by atoms with Crippen LogP contribution in [0, 0.1) is 0 Å². The van der Waals surface area contributed by atoms with Crippen molar-refractivity contribution in [1.29, 1.82) is 0 Å². The van der Waals surface area contributed by atoms with Crippen LogP contribution in [0.1, 0.15) is 13.8 Å². The lowest BCUT2D eigenvalue weighted by molar-refractivity contribution is 1.12. The highest BCUT2D eigenvalue weighted by atomic mass is 15.1. The average Bonchev–Trinajstić information content (AvgIpc) is 3.50. The van der Waals surface area contributed by atoms with Crippen molar-refractivity contribution >= 4 is 38.3 Å². The van der Waals surface area contributed by atoms with E-state index in [1.54, 1.807) is 0 Å². The van der Waals surface area contributed by atoms with E-state index in [1.807, 2.05) is 0 Å². The summed E-state index contributed by atoms with van der Waals surface area (Å²) < 4.78 is 2.26. The Hall–Kier alpha value is -5.73. The summed E-state index contributed by atoms with van der Waals surface area (Å²) in [6, 6.07) is 54.6. The van der Waals surface area contributed by atoms with Gasteiger partial charge in [0.15, 0.2) is 0 Å². The Morgan fingerprint density at radius 3 is 1.71 bits per heavy atom. The highest BCUT2D eigenvalue weighted by molar-refractivity contribution is 6.22. The summed E-state index contributed by atoms with van der Waals surface area (Å²) in [4.78, 5) is 5.09. The van der Waals surface area contributed by atoms with Crippen molar-refractivity contribution in [1.82, 2.24) is 9.55 Å². The van der Waals surface area contributed by atoms with Crippen LogP contribution in [-0.2, 0) is 0 Å². The van der Waals surface area contributed by atoms with Gasteiger partial charge in [-0.05, 0) is 93.0 Å². The van der Waals surface area contributed by atoms with Crippen molar-refractivity contribution in [2.45, 2.75) is 13.8 Å². The number of fused-ring (bicyclic) bond motifs is 3. The van der Waals surface area contributed by atoms with Crippen molar-refractivity contribution in [3.05, 3.63) is 158 Å². The SMILES string of the molecule is C/C=C(\C)n1c(-c2cccc(-c3ccc4c(-c5ccccc5)c5ccccc5c(-c5ccccc5)c4c3)c2)nc2ccccc21. The molecule has 1 heterocycles. The first-order valence-corrected chi connectivity index (χ1v) is 15.5. The summed E-state index contributed by atoms with van der Waals surface area (Å²) in [5.74, 6) is 0.955. The smallest absolute Gasteiger partial charge is 0.145 e. The first kappa shape index (κ1) is 26.9. The second kappa shape index (κ2) is 11.1. The molecule has 0 spiro atoms. The zero-order valence-corrected chi connectivity index (χ0v) is 25.4. The van der Waals surface area contributed by atoms with Gasteiger partial charge < -0.3 is 0 Å². The molecule has 0 unspecified atom stereocenters. The molecule has 1 aromatic heterocycles. The Balaban J connectivity index is 1.39. The highest BCUT2D eigenvalue weighted by Gasteiger charge is 2.18. The fourth-order valence-corrected chi connectivity index (χ4v) is 6.73. The molecule has 2 nitrogen and oxygen atoms in total. The third-order valence-corrected chi connectivity index (χ3v) is 8.93. The van der Waals surface area contributed by atoms with Gasteiger partial charge in [0.2, 0.25) is 0 Å². The molecular formula is C43H32N2. The maximum absolute atomic E-state index is 5.09. The Bertz CT molecular complexity index is 2380. The van der Waals surface area contributed by atoms with Crippen LogP contribution in [0.15, 0.2) is 158 Å². The van der Waals surface area contributed by atoms with Gasteiger partial charge in [-0.1, -0.05) is 133 Å². The van der Waals surface area contributed by atoms with Crippen molar-refractivity contribution in [2.75, 3.05) is 0 Å². The molecule has 45 heavy (non-hydrogen) atoms. The van der Waals surface area contributed by atoms with Gasteiger partial charge in [0.05, 0.1) is 11.0 Å². The molecule has 2 heteroatoms. The largest absolute Gasteiger partial charge is 0.297 e. The number of allylic oxidation sites excluding steroid dienone is 2. The molecule has 8 aromatic rings. The fraction of sp³-hybridized carbons (Fsp3) is 0.0465. The predicted octanol–water partition coefficient (Wildman–Crippen LogP) is 11.9. The Kier molecular flexibility index (Phi) is 6.61. The minimum absolute atomic E-state index is 0.955. The molecule has 0 aliphatic heterocycles. The lowest BCUT2D eigenvalue weighted by Gasteiger charge is -2.19. The van der Waals surface area contributed by atoms with E-state index in [0.717, 1.165) is 28.1 Å². The fourth-order valence-electron chi connectivity index (χ4n) is 6.73. The van der Waals surface area contributed by atoms with Crippen LogP contribution in [0.5, 0.6) is 0 Å². The van der Waals surface area contributed by atoms with E-state index < -0.39 is 0 Å². The number of aromatic nitrogens is 2. The van der Waals surface area contributed by atoms with Crippen LogP contribution in [-0.4, -0.2) is 9.55 Å². The topological polar surface area (TPSA) is 17.8 Å². The van der Waals surface area contributed by atoms with Crippen LogP contribution in [0.4, 0.5) is 0 Å². The second-order valence-electron chi connectivity index (χ2n) is 11.6. The quantitative estimate of drug-likeness (QED) is 0.186. The molecule has 8 rings (SSSR count). The summed E-state index contributed by atoms with van der Waals surface area (Å²) >= 11 is 0. The highest BCUT2D eigenvalue weighted by Crippen LogP contribution is 2.45. The van der Waals surface area contributed by atoms with Gasteiger partial charge in [-0.25, -0.2) is 4.98 Å². The second-order valence-corrected chi connectivity index (χ2v) is 11.6. The summed E-state index contributed by atoms with van der Waals surface area (Å²) in [7, 11) is 0. The summed E-state index contributed by atoms with van der Waals surface area (Å²) in [6.45, 7) is 4.22. The molecule has 0 N–H and O–H groups in total. The van der Waals surface area contributed by atoms with E-state index in [-0.39, 0.29) is 0 Å². The molecule has 0 aliphatic carbocycles. The van der Waals surface area contributed by atoms with Crippen molar-refractivity contribution in [3.63, 3.8) is 0 Å². The minimum Gasteiger partial charge on any atom is -0.297 e. The van der Waals surface area contributed by atoms with E-state index >= 15 is 0 Å². The number of hydrogen-bond donors (Lipinski definition) is 0. The number of imidazole rings is 1. The zero-order chi connectivity index (χ0) is 30.3. The van der Waals surface area contributed by atoms with Gasteiger partial charge in [0, 0.05) is 11.3 Å². The predicted molar refractivity (Wildman–Crippen MR) is 192 cm³/mol.